The van der Waals surface area contributed by atoms with Crippen LogP contribution in [0.4, 0.5) is 5.82 Å². The molecule has 11 nitrogen and oxygen atoms in total. The smallest absolute Gasteiger partial charge is 0.303 e. The summed E-state index contributed by atoms with van der Waals surface area (Å²) in [4.78, 5) is 24.9. The van der Waals surface area contributed by atoms with Gasteiger partial charge in [-0.1, -0.05) is 24.6 Å². The summed E-state index contributed by atoms with van der Waals surface area (Å²) >= 11 is 0. The number of carbonyl (C=O) groups is 1. The topological polar surface area (TPSA) is 137 Å². The van der Waals surface area contributed by atoms with E-state index in [1.165, 1.54) is 14.1 Å². The summed E-state index contributed by atoms with van der Waals surface area (Å²) in [6.07, 6.45) is 6.54. The normalized spacial score (nSPS) is 16.4. The van der Waals surface area contributed by atoms with Crippen LogP contribution in [-0.2, 0) is 10.2 Å². The summed E-state index contributed by atoms with van der Waals surface area (Å²) in [6.45, 7) is 1.54. The first kappa shape index (κ1) is 27.8. The van der Waals surface area contributed by atoms with Crippen molar-refractivity contribution in [2.45, 2.75) is 38.0 Å². The minimum absolute atomic E-state index is 0.0391. The summed E-state index contributed by atoms with van der Waals surface area (Å²) in [5.41, 5.74) is 3.64. The van der Waals surface area contributed by atoms with E-state index in [1.807, 2.05) is 42.5 Å². The minimum Gasteiger partial charge on any atom is -0.357 e. The van der Waals surface area contributed by atoms with E-state index in [1.54, 1.807) is 16.9 Å². The molecule has 1 aromatic carbocycles. The predicted molar refractivity (Wildman–Crippen MR) is 159 cm³/mol. The zero-order valence-corrected chi connectivity index (χ0v) is 24.4. The molecule has 6 rings (SSSR count). The Morgan fingerprint density at radius 3 is 2.40 bits per heavy atom. The van der Waals surface area contributed by atoms with E-state index in [-0.39, 0.29) is 17.5 Å². The fourth-order valence-electron chi connectivity index (χ4n) is 5.43. The Kier molecular flexibility index (Phi) is 7.38. The number of carbonyl (C=O) groups excluding carboxylic acids is 1. The average molecular weight is 585 g/mol. The molecule has 4 aromatic rings. The second kappa shape index (κ2) is 11.2. The Balaban J connectivity index is 1.49. The molecule has 1 aliphatic heterocycles. The first-order chi connectivity index (χ1) is 20.2. The molecule has 4 heterocycles. The maximum atomic E-state index is 13.3. The number of rotatable bonds is 7. The largest absolute Gasteiger partial charge is 0.357 e. The van der Waals surface area contributed by atoms with Crippen molar-refractivity contribution in [1.29, 1.82) is 5.26 Å². The first-order valence-corrected chi connectivity index (χ1v) is 15.5. The Morgan fingerprint density at radius 2 is 1.81 bits per heavy atom. The molecule has 42 heavy (non-hydrogen) atoms. The minimum atomic E-state index is -4.03. The van der Waals surface area contributed by atoms with E-state index < -0.39 is 16.1 Å². The van der Waals surface area contributed by atoms with Crippen molar-refractivity contribution in [3.8, 4) is 22.9 Å². The lowest BCUT2D eigenvalue weighted by molar-refractivity contribution is 0.0975. The zero-order chi connectivity index (χ0) is 29.4. The van der Waals surface area contributed by atoms with Crippen LogP contribution >= 0.6 is 0 Å². The van der Waals surface area contributed by atoms with Gasteiger partial charge in [0.25, 0.3) is 5.91 Å². The van der Waals surface area contributed by atoms with Gasteiger partial charge in [-0.05, 0) is 61.6 Å². The van der Waals surface area contributed by atoms with Crippen LogP contribution in [-0.4, -0.2) is 65.6 Å². The standard InChI is InChI=1S/C30H32N8O3S/c1-36(2)42(40,41)35-30(39)25-17-24(22-11-12-26(32-19-22)37-15-13-20(18-31)14-16-37)27-28(21-7-6-8-21)34-38(29(27)33-25)23-9-4-3-5-10-23/h3-5,9-12,17,19-21H,6-8,13-16H2,1-2H3,(H,35,39). The van der Waals surface area contributed by atoms with Gasteiger partial charge in [-0.25, -0.2) is 19.4 Å². The highest BCUT2D eigenvalue weighted by Crippen LogP contribution is 2.43. The van der Waals surface area contributed by atoms with Gasteiger partial charge in [-0.3, -0.25) is 4.79 Å². The highest BCUT2D eigenvalue weighted by atomic mass is 32.2. The number of nitrogens with zero attached hydrogens (tertiary/aromatic N) is 7. The fourth-order valence-corrected chi connectivity index (χ4v) is 5.96. The number of benzene rings is 1. The van der Waals surface area contributed by atoms with Crippen molar-refractivity contribution < 1.29 is 13.2 Å². The highest BCUT2D eigenvalue weighted by molar-refractivity contribution is 7.87. The van der Waals surface area contributed by atoms with Gasteiger partial charge >= 0.3 is 10.2 Å². The number of nitrogens with one attached hydrogen (secondary N) is 1. The molecule has 0 unspecified atom stereocenters. The molecule has 2 fully saturated rings. The Hall–Kier alpha value is -4.34. The van der Waals surface area contributed by atoms with Crippen LogP contribution in [0.5, 0.6) is 0 Å². The molecule has 1 N–H and O–H groups in total. The summed E-state index contributed by atoms with van der Waals surface area (Å²) in [5, 5.41) is 15.1. The van der Waals surface area contributed by atoms with E-state index >= 15 is 0 Å². The molecule has 0 atom stereocenters. The van der Waals surface area contributed by atoms with Gasteiger partial charge in [-0.15, -0.1) is 0 Å². The van der Waals surface area contributed by atoms with E-state index in [4.69, 9.17) is 15.1 Å². The summed E-state index contributed by atoms with van der Waals surface area (Å²) in [5.74, 6) is 0.343. The van der Waals surface area contributed by atoms with Gasteiger partial charge in [0.15, 0.2) is 5.65 Å². The van der Waals surface area contributed by atoms with E-state index in [0.717, 1.165) is 83.2 Å². The van der Waals surface area contributed by atoms with Gasteiger partial charge < -0.3 is 4.90 Å². The second-order valence-electron chi connectivity index (χ2n) is 11.0. The number of piperidine rings is 1. The van der Waals surface area contributed by atoms with Crippen molar-refractivity contribution >= 4 is 33.0 Å². The van der Waals surface area contributed by atoms with Crippen LogP contribution in [0.3, 0.4) is 0 Å². The maximum absolute atomic E-state index is 13.3. The number of pyridine rings is 2. The molecule has 1 saturated heterocycles. The van der Waals surface area contributed by atoms with Crippen LogP contribution in [0, 0.1) is 17.2 Å². The van der Waals surface area contributed by atoms with Crippen LogP contribution < -0.4 is 9.62 Å². The number of aromatic nitrogens is 4. The number of hydrogen-bond acceptors (Lipinski definition) is 8. The van der Waals surface area contributed by atoms with Gasteiger partial charge in [0, 0.05) is 50.8 Å². The van der Waals surface area contributed by atoms with Crippen LogP contribution in [0.25, 0.3) is 27.8 Å². The molecule has 0 bridgehead atoms. The molecular formula is C30H32N8O3S. The summed E-state index contributed by atoms with van der Waals surface area (Å²) in [7, 11) is -1.33. The lowest BCUT2D eigenvalue weighted by atomic mass is 9.81. The Labute approximate surface area is 245 Å². The third-order valence-electron chi connectivity index (χ3n) is 8.15. The maximum Gasteiger partial charge on any atom is 0.303 e. The lowest BCUT2D eigenvalue weighted by Crippen LogP contribution is -2.39. The molecule has 3 aromatic heterocycles. The molecule has 216 valence electrons. The number of amides is 1. The van der Waals surface area contributed by atoms with Crippen LogP contribution in [0.2, 0.25) is 0 Å². The Morgan fingerprint density at radius 1 is 1.07 bits per heavy atom. The van der Waals surface area contributed by atoms with Gasteiger partial charge in [0.2, 0.25) is 0 Å². The molecule has 1 amide bonds. The summed E-state index contributed by atoms with van der Waals surface area (Å²) < 4.78 is 29.8. The third-order valence-corrected chi connectivity index (χ3v) is 9.56. The summed E-state index contributed by atoms with van der Waals surface area (Å²) in [6, 6.07) is 17.5. The van der Waals surface area contributed by atoms with Crippen LogP contribution in [0.1, 0.15) is 54.2 Å². The molecule has 0 radical (unpaired) electrons. The molecular weight excluding hydrogens is 552 g/mol. The van der Waals surface area contributed by atoms with Gasteiger partial charge in [0.1, 0.15) is 11.5 Å². The number of fused-ring (bicyclic) bond motifs is 1. The van der Waals surface area contributed by atoms with E-state index in [9.17, 15) is 18.5 Å². The number of nitriles is 1. The quantitative estimate of drug-likeness (QED) is 0.344. The number of hydrogen-bond donors (Lipinski definition) is 1. The molecule has 1 saturated carbocycles. The van der Waals surface area contributed by atoms with Gasteiger partial charge in [-0.2, -0.15) is 23.1 Å². The molecule has 2 aliphatic rings. The van der Waals surface area contributed by atoms with Crippen molar-refractivity contribution in [3.05, 3.63) is 66.1 Å². The predicted octanol–water partition coefficient (Wildman–Crippen LogP) is 4.03. The SMILES string of the molecule is CN(C)S(=O)(=O)NC(=O)c1cc(-c2ccc(N3CCC(C#N)CC3)nc2)c2c(C3CCC3)nn(-c3ccccc3)c2n1. The van der Waals surface area contributed by atoms with E-state index in [0.29, 0.717) is 5.65 Å². The second-order valence-corrected chi connectivity index (χ2v) is 12.9. The van der Waals surface area contributed by atoms with Gasteiger partial charge in [0.05, 0.1) is 22.8 Å². The van der Waals surface area contributed by atoms with Crippen molar-refractivity contribution in [1.82, 2.24) is 28.8 Å². The monoisotopic (exact) mass is 584 g/mol. The van der Waals surface area contributed by atoms with Crippen molar-refractivity contribution in [3.63, 3.8) is 0 Å². The zero-order valence-electron chi connectivity index (χ0n) is 23.6. The molecule has 0 spiro atoms. The molecule has 12 heteroatoms. The number of anilines is 1. The van der Waals surface area contributed by atoms with Crippen molar-refractivity contribution in [2.24, 2.45) is 5.92 Å². The van der Waals surface area contributed by atoms with Crippen molar-refractivity contribution in [2.75, 3.05) is 32.1 Å². The van der Waals surface area contributed by atoms with Crippen LogP contribution in [0.15, 0.2) is 54.7 Å². The van der Waals surface area contributed by atoms with E-state index in [2.05, 4.69) is 15.7 Å². The molecule has 1 aliphatic carbocycles. The Bertz CT molecular complexity index is 1770. The third kappa shape index (κ3) is 5.21. The highest BCUT2D eigenvalue weighted by Gasteiger charge is 2.30. The lowest BCUT2D eigenvalue weighted by Gasteiger charge is -2.30. The fraction of sp³-hybridized carbons (Fsp3) is 0.367. The number of para-hydroxylation sites is 1. The first-order valence-electron chi connectivity index (χ1n) is 14.1. The average Bonchev–Trinajstić information content (AvgIpc) is 3.35.